The zero-order valence-corrected chi connectivity index (χ0v) is 21.5. The molecule has 1 aliphatic heterocycles. The molecule has 3 aromatic rings. The van der Waals surface area contributed by atoms with Crippen molar-refractivity contribution in [3.63, 3.8) is 0 Å². The smallest absolute Gasteiger partial charge is 0.295 e. The molecule has 192 valence electrons. The molecule has 4 rings (SSSR count). The van der Waals surface area contributed by atoms with E-state index in [-0.39, 0.29) is 40.4 Å². The van der Waals surface area contributed by atoms with Crippen molar-refractivity contribution >= 4 is 29.1 Å². The van der Waals surface area contributed by atoms with E-state index in [2.05, 4.69) is 0 Å². The summed E-state index contributed by atoms with van der Waals surface area (Å²) in [4.78, 5) is 27.9. The Morgan fingerprint density at radius 2 is 1.68 bits per heavy atom. The standard InChI is InChI=1S/C29H27ClFNO5/c1-17(2)37-21-10-6-19(7-11-21)26-25(27(33)23-16-22(36-3)12-13-24(23)30)28(34)29(35)32(26)15-14-18-4-8-20(31)9-5-18/h4-13,16-17,26,33H,14-15H2,1-3H3/b27-25+. The second kappa shape index (κ2) is 11.0. The van der Waals surface area contributed by atoms with Crippen molar-refractivity contribution in [1.82, 2.24) is 4.90 Å². The van der Waals surface area contributed by atoms with Crippen LogP contribution >= 0.6 is 11.6 Å². The molecule has 0 aliphatic carbocycles. The number of Topliss-reactive ketones (excluding diaryl/α,β-unsaturated/α-hetero) is 1. The average molecular weight is 524 g/mol. The van der Waals surface area contributed by atoms with E-state index in [1.54, 1.807) is 48.5 Å². The van der Waals surface area contributed by atoms with E-state index in [1.807, 2.05) is 13.8 Å². The lowest BCUT2D eigenvalue weighted by Crippen LogP contribution is -2.31. The quantitative estimate of drug-likeness (QED) is 0.225. The van der Waals surface area contributed by atoms with Gasteiger partial charge in [0.2, 0.25) is 0 Å². The van der Waals surface area contributed by atoms with Crippen molar-refractivity contribution in [3.05, 3.63) is 99.8 Å². The second-order valence-corrected chi connectivity index (χ2v) is 9.36. The van der Waals surface area contributed by atoms with Gasteiger partial charge in [0, 0.05) is 12.1 Å². The lowest BCUT2D eigenvalue weighted by molar-refractivity contribution is -0.139. The molecule has 0 aromatic heterocycles. The Morgan fingerprint density at radius 1 is 1.03 bits per heavy atom. The number of carbonyl (C=O) groups excluding carboxylic acids is 2. The average Bonchev–Trinajstić information content (AvgIpc) is 3.13. The summed E-state index contributed by atoms with van der Waals surface area (Å²) >= 11 is 6.36. The summed E-state index contributed by atoms with van der Waals surface area (Å²) in [5.41, 5.74) is 1.53. The van der Waals surface area contributed by atoms with Crippen LogP contribution in [0.3, 0.4) is 0 Å². The third-order valence-corrected chi connectivity index (χ3v) is 6.42. The van der Waals surface area contributed by atoms with Gasteiger partial charge in [0.25, 0.3) is 11.7 Å². The highest BCUT2D eigenvalue weighted by Crippen LogP contribution is 2.41. The van der Waals surface area contributed by atoms with Crippen LogP contribution in [-0.4, -0.2) is 41.5 Å². The van der Waals surface area contributed by atoms with Gasteiger partial charge in [-0.2, -0.15) is 0 Å². The van der Waals surface area contributed by atoms with Gasteiger partial charge in [0.15, 0.2) is 0 Å². The van der Waals surface area contributed by atoms with Crippen molar-refractivity contribution in [3.8, 4) is 11.5 Å². The molecule has 1 unspecified atom stereocenters. The van der Waals surface area contributed by atoms with E-state index >= 15 is 0 Å². The van der Waals surface area contributed by atoms with Gasteiger partial charge in [-0.15, -0.1) is 0 Å². The Labute approximate surface area is 219 Å². The SMILES string of the molecule is COc1ccc(Cl)c(/C(O)=C2\C(=O)C(=O)N(CCc3ccc(F)cc3)C2c2ccc(OC(C)C)cc2)c1. The molecule has 1 fully saturated rings. The molecule has 37 heavy (non-hydrogen) atoms. The van der Waals surface area contributed by atoms with Crippen molar-refractivity contribution in [2.45, 2.75) is 32.4 Å². The molecular weight excluding hydrogens is 497 g/mol. The predicted molar refractivity (Wildman–Crippen MR) is 139 cm³/mol. The first-order valence-electron chi connectivity index (χ1n) is 11.8. The molecule has 0 spiro atoms. The Kier molecular flexibility index (Phi) is 7.83. The fraction of sp³-hybridized carbons (Fsp3) is 0.241. The van der Waals surface area contributed by atoms with Gasteiger partial charge in [-0.3, -0.25) is 9.59 Å². The summed E-state index contributed by atoms with van der Waals surface area (Å²) in [7, 11) is 1.47. The number of methoxy groups -OCH3 is 1. The molecule has 6 nitrogen and oxygen atoms in total. The molecule has 1 amide bonds. The maximum Gasteiger partial charge on any atom is 0.295 e. The normalized spacial score (nSPS) is 16.9. The minimum absolute atomic E-state index is 0.0256. The van der Waals surface area contributed by atoms with E-state index in [1.165, 1.54) is 30.2 Å². The molecule has 1 saturated heterocycles. The van der Waals surface area contributed by atoms with Crippen LogP contribution in [0, 0.1) is 5.82 Å². The number of nitrogens with zero attached hydrogens (tertiary/aromatic N) is 1. The molecule has 0 saturated carbocycles. The van der Waals surface area contributed by atoms with Crippen LogP contribution in [0.1, 0.15) is 36.6 Å². The van der Waals surface area contributed by atoms with Crippen molar-refractivity contribution in [1.29, 1.82) is 0 Å². The summed E-state index contributed by atoms with van der Waals surface area (Å²) in [6, 6.07) is 16.8. The number of hydrogen-bond donors (Lipinski definition) is 1. The van der Waals surface area contributed by atoms with E-state index in [0.29, 0.717) is 23.5 Å². The first kappa shape index (κ1) is 26.2. The van der Waals surface area contributed by atoms with Gasteiger partial charge >= 0.3 is 0 Å². The van der Waals surface area contributed by atoms with Gasteiger partial charge in [0.1, 0.15) is 23.1 Å². The maximum absolute atomic E-state index is 13.4. The van der Waals surface area contributed by atoms with Gasteiger partial charge in [-0.05, 0) is 73.9 Å². The van der Waals surface area contributed by atoms with Crippen molar-refractivity contribution < 1.29 is 28.6 Å². The topological polar surface area (TPSA) is 76.1 Å². The second-order valence-electron chi connectivity index (χ2n) is 8.95. The van der Waals surface area contributed by atoms with E-state index in [9.17, 15) is 19.1 Å². The number of aliphatic hydroxyl groups is 1. The van der Waals surface area contributed by atoms with Gasteiger partial charge in [-0.1, -0.05) is 35.9 Å². The number of ketones is 1. The first-order chi connectivity index (χ1) is 17.7. The lowest BCUT2D eigenvalue weighted by atomic mass is 9.95. The predicted octanol–water partition coefficient (Wildman–Crippen LogP) is 5.94. The van der Waals surface area contributed by atoms with Gasteiger partial charge in [0.05, 0.1) is 29.9 Å². The molecule has 1 atom stereocenters. The Balaban J connectivity index is 1.79. The highest BCUT2D eigenvalue weighted by atomic mass is 35.5. The van der Waals surface area contributed by atoms with E-state index in [4.69, 9.17) is 21.1 Å². The molecule has 1 heterocycles. The third-order valence-electron chi connectivity index (χ3n) is 6.09. The molecule has 1 aliphatic rings. The molecule has 3 aromatic carbocycles. The largest absolute Gasteiger partial charge is 0.507 e. The molecule has 8 heteroatoms. The van der Waals surface area contributed by atoms with Crippen LogP contribution in [0.25, 0.3) is 5.76 Å². The van der Waals surface area contributed by atoms with Crippen LogP contribution in [0.2, 0.25) is 5.02 Å². The number of ether oxygens (including phenoxy) is 2. The first-order valence-corrected chi connectivity index (χ1v) is 12.2. The van der Waals surface area contributed by atoms with Crippen LogP contribution in [0.15, 0.2) is 72.3 Å². The van der Waals surface area contributed by atoms with Gasteiger partial charge in [-0.25, -0.2) is 4.39 Å². The Hall–Kier alpha value is -3.84. The number of likely N-dealkylation sites (tertiary alicyclic amines) is 1. The number of carbonyl (C=O) groups is 2. The minimum atomic E-state index is -0.865. The molecular formula is C29H27ClFNO5. The van der Waals surface area contributed by atoms with Crippen molar-refractivity contribution in [2.75, 3.05) is 13.7 Å². The lowest BCUT2D eigenvalue weighted by Gasteiger charge is -2.26. The third kappa shape index (κ3) is 5.62. The number of hydrogen-bond acceptors (Lipinski definition) is 5. The van der Waals surface area contributed by atoms with E-state index in [0.717, 1.165) is 5.56 Å². The van der Waals surface area contributed by atoms with Gasteiger partial charge < -0.3 is 19.5 Å². The highest BCUT2D eigenvalue weighted by Gasteiger charge is 2.46. The fourth-order valence-electron chi connectivity index (χ4n) is 4.32. The minimum Gasteiger partial charge on any atom is -0.507 e. The monoisotopic (exact) mass is 523 g/mol. The number of benzene rings is 3. The summed E-state index contributed by atoms with van der Waals surface area (Å²) < 4.78 is 24.3. The molecule has 0 radical (unpaired) electrons. The molecule has 0 bridgehead atoms. The summed E-state index contributed by atoms with van der Waals surface area (Å²) in [5, 5.41) is 11.5. The number of aliphatic hydroxyl groups excluding tert-OH is 1. The Bertz CT molecular complexity index is 1340. The number of rotatable bonds is 8. The highest BCUT2D eigenvalue weighted by molar-refractivity contribution is 6.47. The van der Waals surface area contributed by atoms with Crippen LogP contribution in [-0.2, 0) is 16.0 Å². The van der Waals surface area contributed by atoms with Crippen molar-refractivity contribution in [2.24, 2.45) is 0 Å². The zero-order chi connectivity index (χ0) is 26.7. The van der Waals surface area contributed by atoms with Crippen LogP contribution < -0.4 is 9.47 Å². The number of amides is 1. The summed E-state index contributed by atoms with van der Waals surface area (Å²) in [5.74, 6) is -1.23. The van der Waals surface area contributed by atoms with Crippen LogP contribution in [0.4, 0.5) is 4.39 Å². The summed E-state index contributed by atoms with van der Waals surface area (Å²) in [6.07, 6.45) is 0.362. The van der Waals surface area contributed by atoms with E-state index < -0.39 is 17.7 Å². The number of halogens is 2. The zero-order valence-electron chi connectivity index (χ0n) is 20.7. The summed E-state index contributed by atoms with van der Waals surface area (Å²) in [6.45, 7) is 4.00. The fourth-order valence-corrected chi connectivity index (χ4v) is 4.52. The molecule has 1 N–H and O–H groups in total. The maximum atomic E-state index is 13.4. The Morgan fingerprint density at radius 3 is 2.30 bits per heavy atom. The van der Waals surface area contributed by atoms with Crippen LogP contribution in [0.5, 0.6) is 11.5 Å².